The van der Waals surface area contributed by atoms with Crippen LogP contribution in [0.25, 0.3) is 21.9 Å². The van der Waals surface area contributed by atoms with E-state index in [4.69, 9.17) is 4.42 Å². The van der Waals surface area contributed by atoms with Gasteiger partial charge in [-0.2, -0.15) is 0 Å². The third-order valence-electron chi connectivity index (χ3n) is 5.59. The molecule has 0 radical (unpaired) electrons. The van der Waals surface area contributed by atoms with Crippen molar-refractivity contribution in [3.05, 3.63) is 70.6 Å². The van der Waals surface area contributed by atoms with Gasteiger partial charge in [0, 0.05) is 48.0 Å². The number of fused-ring (bicyclic) bond motifs is 5. The molecular weight excluding hydrogens is 308 g/mol. The molecule has 4 aromatic rings. The molecule has 1 aliphatic rings. The van der Waals surface area contributed by atoms with Gasteiger partial charge in [-0.05, 0) is 42.7 Å². The number of hydrogen-bond donors (Lipinski definition) is 1. The molecule has 0 spiro atoms. The lowest BCUT2D eigenvalue weighted by Crippen LogP contribution is -2.29. The van der Waals surface area contributed by atoms with Crippen LogP contribution in [0.2, 0.25) is 0 Å². The standard InChI is InChI=1S/C22H22N2O/c1-14-15(2)25-20-9-8-19-22(21(14)20)17-13-24(11-10-18(17)23-19)12-16-6-4-3-5-7-16/h3-9,23H,10-13H2,1-2H3. The van der Waals surface area contributed by atoms with Gasteiger partial charge in [0.05, 0.1) is 0 Å². The van der Waals surface area contributed by atoms with E-state index in [-0.39, 0.29) is 0 Å². The van der Waals surface area contributed by atoms with Gasteiger partial charge in [-0.15, -0.1) is 0 Å². The van der Waals surface area contributed by atoms with Crippen molar-refractivity contribution in [3.8, 4) is 0 Å². The summed E-state index contributed by atoms with van der Waals surface area (Å²) in [6.07, 6.45) is 1.08. The molecule has 2 aromatic carbocycles. The maximum absolute atomic E-state index is 5.96. The van der Waals surface area contributed by atoms with Crippen LogP contribution in [0, 0.1) is 13.8 Å². The Kier molecular flexibility index (Phi) is 3.25. The number of hydrogen-bond acceptors (Lipinski definition) is 2. The number of aryl methyl sites for hydroxylation is 2. The van der Waals surface area contributed by atoms with Crippen molar-refractivity contribution in [2.45, 2.75) is 33.4 Å². The highest BCUT2D eigenvalue weighted by Gasteiger charge is 2.23. The van der Waals surface area contributed by atoms with Crippen LogP contribution in [-0.4, -0.2) is 16.4 Å². The summed E-state index contributed by atoms with van der Waals surface area (Å²) in [6, 6.07) is 15.0. The molecule has 3 nitrogen and oxygen atoms in total. The zero-order chi connectivity index (χ0) is 17.0. The molecule has 0 bridgehead atoms. The average Bonchev–Trinajstić information content (AvgIpc) is 3.13. The number of aromatic amines is 1. The first kappa shape index (κ1) is 14.8. The molecule has 0 unspecified atom stereocenters. The number of nitrogens with zero attached hydrogens (tertiary/aromatic N) is 1. The van der Waals surface area contributed by atoms with E-state index >= 15 is 0 Å². The maximum atomic E-state index is 5.96. The van der Waals surface area contributed by atoms with Gasteiger partial charge in [-0.3, -0.25) is 4.90 Å². The minimum absolute atomic E-state index is 0.993. The topological polar surface area (TPSA) is 32.2 Å². The number of H-pyrrole nitrogens is 1. The SMILES string of the molecule is Cc1oc2ccc3[nH]c4c(c3c2c1C)CN(Cc1ccccc1)CC4. The molecule has 0 aliphatic carbocycles. The smallest absolute Gasteiger partial charge is 0.135 e. The van der Waals surface area contributed by atoms with Crippen molar-refractivity contribution in [2.24, 2.45) is 0 Å². The molecule has 126 valence electrons. The van der Waals surface area contributed by atoms with Crippen LogP contribution in [0.5, 0.6) is 0 Å². The highest BCUT2D eigenvalue weighted by molar-refractivity contribution is 6.09. The fourth-order valence-corrected chi connectivity index (χ4v) is 4.20. The van der Waals surface area contributed by atoms with Gasteiger partial charge in [-0.1, -0.05) is 30.3 Å². The Bertz CT molecular complexity index is 1070. The van der Waals surface area contributed by atoms with Crippen LogP contribution < -0.4 is 0 Å². The molecule has 0 saturated heterocycles. The van der Waals surface area contributed by atoms with E-state index in [2.05, 4.69) is 66.2 Å². The fourth-order valence-electron chi connectivity index (χ4n) is 4.20. The zero-order valence-electron chi connectivity index (χ0n) is 14.7. The quantitative estimate of drug-likeness (QED) is 0.555. The van der Waals surface area contributed by atoms with Crippen molar-refractivity contribution in [2.75, 3.05) is 6.54 Å². The van der Waals surface area contributed by atoms with Gasteiger partial charge in [0.15, 0.2) is 0 Å². The van der Waals surface area contributed by atoms with Crippen molar-refractivity contribution in [3.63, 3.8) is 0 Å². The van der Waals surface area contributed by atoms with Crippen LogP contribution in [0.3, 0.4) is 0 Å². The largest absolute Gasteiger partial charge is 0.461 e. The summed E-state index contributed by atoms with van der Waals surface area (Å²) < 4.78 is 5.96. The van der Waals surface area contributed by atoms with Crippen molar-refractivity contribution in [1.29, 1.82) is 0 Å². The summed E-state index contributed by atoms with van der Waals surface area (Å²) in [5, 5.41) is 2.65. The molecule has 1 N–H and O–H groups in total. The Morgan fingerprint density at radius 1 is 1.04 bits per heavy atom. The van der Waals surface area contributed by atoms with E-state index in [9.17, 15) is 0 Å². The third-order valence-corrected chi connectivity index (χ3v) is 5.59. The van der Waals surface area contributed by atoms with E-state index in [1.165, 1.54) is 38.7 Å². The summed E-state index contributed by atoms with van der Waals surface area (Å²) in [7, 11) is 0. The molecule has 1 aliphatic heterocycles. The minimum atomic E-state index is 0.993. The van der Waals surface area contributed by atoms with Gasteiger partial charge >= 0.3 is 0 Å². The van der Waals surface area contributed by atoms with E-state index in [1.807, 2.05) is 0 Å². The van der Waals surface area contributed by atoms with E-state index in [0.29, 0.717) is 0 Å². The van der Waals surface area contributed by atoms with Crippen molar-refractivity contribution in [1.82, 2.24) is 9.88 Å². The van der Waals surface area contributed by atoms with Crippen molar-refractivity contribution >= 4 is 21.9 Å². The molecule has 0 atom stereocenters. The molecule has 0 saturated carbocycles. The first-order valence-electron chi connectivity index (χ1n) is 8.99. The Morgan fingerprint density at radius 3 is 2.72 bits per heavy atom. The van der Waals surface area contributed by atoms with Gasteiger partial charge < -0.3 is 9.40 Å². The average molecular weight is 330 g/mol. The third kappa shape index (κ3) is 2.30. The van der Waals surface area contributed by atoms with Crippen LogP contribution in [0.4, 0.5) is 0 Å². The predicted octanol–water partition coefficient (Wildman–Crippen LogP) is 5.09. The summed E-state index contributed by atoms with van der Waals surface area (Å²) in [5.74, 6) is 1.02. The number of nitrogens with one attached hydrogen (secondary N) is 1. The molecular formula is C22H22N2O. The second-order valence-electron chi connectivity index (χ2n) is 7.17. The van der Waals surface area contributed by atoms with Gasteiger partial charge in [0.2, 0.25) is 0 Å². The number of aromatic nitrogens is 1. The van der Waals surface area contributed by atoms with Gasteiger partial charge in [0.25, 0.3) is 0 Å². The molecule has 2 aromatic heterocycles. The van der Waals surface area contributed by atoms with Crippen LogP contribution in [0.1, 0.15) is 28.1 Å². The monoisotopic (exact) mass is 330 g/mol. The van der Waals surface area contributed by atoms with E-state index in [1.54, 1.807) is 0 Å². The molecule has 5 rings (SSSR count). The molecule has 3 heteroatoms. The fraction of sp³-hybridized carbons (Fsp3) is 0.273. The Hall–Kier alpha value is -2.52. The lowest BCUT2D eigenvalue weighted by atomic mass is 9.99. The maximum Gasteiger partial charge on any atom is 0.135 e. The first-order chi connectivity index (χ1) is 12.2. The summed E-state index contributed by atoms with van der Waals surface area (Å²) >= 11 is 0. The van der Waals surface area contributed by atoms with E-state index < -0.39 is 0 Å². The van der Waals surface area contributed by atoms with Crippen molar-refractivity contribution < 1.29 is 4.42 Å². The normalized spacial score (nSPS) is 15.1. The molecule has 0 fully saturated rings. The Morgan fingerprint density at radius 2 is 1.88 bits per heavy atom. The molecule has 3 heterocycles. The molecule has 25 heavy (non-hydrogen) atoms. The van der Waals surface area contributed by atoms with E-state index in [0.717, 1.165) is 37.4 Å². The second-order valence-corrected chi connectivity index (χ2v) is 7.17. The zero-order valence-corrected chi connectivity index (χ0v) is 14.7. The lowest BCUT2D eigenvalue weighted by molar-refractivity contribution is 0.246. The number of rotatable bonds is 2. The summed E-state index contributed by atoms with van der Waals surface area (Å²) in [4.78, 5) is 6.21. The minimum Gasteiger partial charge on any atom is -0.461 e. The van der Waals surface area contributed by atoms with Crippen LogP contribution >= 0.6 is 0 Å². The highest BCUT2D eigenvalue weighted by atomic mass is 16.3. The van der Waals surface area contributed by atoms with Crippen LogP contribution in [0.15, 0.2) is 46.9 Å². The highest BCUT2D eigenvalue weighted by Crippen LogP contribution is 2.37. The number of furan rings is 1. The lowest BCUT2D eigenvalue weighted by Gasteiger charge is -2.27. The number of benzene rings is 2. The Balaban J connectivity index is 1.61. The second kappa shape index (κ2) is 5.50. The predicted molar refractivity (Wildman–Crippen MR) is 102 cm³/mol. The van der Waals surface area contributed by atoms with Gasteiger partial charge in [0.1, 0.15) is 11.3 Å². The summed E-state index contributed by atoms with van der Waals surface area (Å²) in [6.45, 7) is 7.33. The van der Waals surface area contributed by atoms with Gasteiger partial charge in [-0.25, -0.2) is 0 Å². The van der Waals surface area contributed by atoms with Crippen LogP contribution in [-0.2, 0) is 19.5 Å². The Labute approximate surface area is 147 Å². The summed E-state index contributed by atoms with van der Waals surface area (Å²) in [5.41, 5.74) is 7.73. The first-order valence-corrected chi connectivity index (χ1v) is 8.99. The molecule has 0 amide bonds.